The highest BCUT2D eigenvalue weighted by Gasteiger charge is 2.57. The van der Waals surface area contributed by atoms with Crippen molar-refractivity contribution in [1.82, 2.24) is 15.1 Å². The van der Waals surface area contributed by atoms with Gasteiger partial charge in [0, 0.05) is 54.4 Å². The lowest BCUT2D eigenvalue weighted by Crippen LogP contribution is -2.68. The van der Waals surface area contributed by atoms with Crippen LogP contribution in [0, 0.1) is 32.1 Å². The van der Waals surface area contributed by atoms with Crippen LogP contribution in [0.2, 0.25) is 0 Å². The quantitative estimate of drug-likeness (QED) is 0.171. The molecule has 1 saturated heterocycles. The molecule has 4 heterocycles. The van der Waals surface area contributed by atoms with Gasteiger partial charge in [0.1, 0.15) is 29.4 Å². The minimum atomic E-state index is -1.09. The van der Waals surface area contributed by atoms with Crippen LogP contribution in [0.4, 0.5) is 4.79 Å². The lowest BCUT2D eigenvalue weighted by atomic mass is 9.71. The van der Waals surface area contributed by atoms with Gasteiger partial charge in [0.15, 0.2) is 18.3 Å². The lowest BCUT2D eigenvalue weighted by molar-refractivity contribution is -0.122. The molecular formula is C38H41ClN4O8. The monoisotopic (exact) mass is 716 g/mol. The number of fused-ring (bicyclic) bond motifs is 9. The number of piperazine rings is 1. The number of benzene rings is 3. The molecule has 4 aliphatic rings. The molecule has 2 bridgehead atoms. The first kappa shape index (κ1) is 34.9. The Morgan fingerprint density at radius 2 is 1.80 bits per heavy atom. The van der Waals surface area contributed by atoms with Gasteiger partial charge >= 0.3 is 6.16 Å². The van der Waals surface area contributed by atoms with E-state index < -0.39 is 18.2 Å². The number of hydrogen-bond acceptors (Lipinski definition) is 11. The Balaban J connectivity index is 1.38. The molecule has 3 aromatic carbocycles. The van der Waals surface area contributed by atoms with Crippen molar-refractivity contribution in [3.63, 3.8) is 0 Å². The molecule has 51 heavy (non-hydrogen) atoms. The van der Waals surface area contributed by atoms with Crippen molar-refractivity contribution in [2.45, 2.75) is 76.7 Å². The molecule has 1 N–H and O–H groups in total. The van der Waals surface area contributed by atoms with Gasteiger partial charge in [0.05, 0.1) is 18.2 Å². The van der Waals surface area contributed by atoms with Crippen molar-refractivity contribution < 1.29 is 37.6 Å². The molecular weight excluding hydrogens is 676 g/mol. The van der Waals surface area contributed by atoms with E-state index in [1.165, 1.54) is 0 Å². The molecule has 0 saturated carbocycles. The maximum Gasteiger partial charge on any atom is 0.532 e. The highest BCUT2D eigenvalue weighted by atomic mass is 35.5. The second-order valence-corrected chi connectivity index (χ2v) is 13.7. The summed E-state index contributed by atoms with van der Waals surface area (Å²) in [6.07, 6.45) is 0.774. The molecule has 1 unspecified atom stereocenters. The van der Waals surface area contributed by atoms with Gasteiger partial charge in [-0.1, -0.05) is 36.4 Å². The fourth-order valence-corrected chi connectivity index (χ4v) is 8.65. The predicted molar refractivity (Wildman–Crippen MR) is 186 cm³/mol. The van der Waals surface area contributed by atoms with Crippen molar-refractivity contribution in [2.75, 3.05) is 34.3 Å². The normalized spacial score (nSPS) is 23.0. The molecule has 5 atom stereocenters. The number of likely N-dealkylation sites (N-methyl/N-ethyl adjacent to an activating group) is 1. The molecule has 0 aromatic heterocycles. The number of ether oxygens (including phenoxy) is 5. The number of methoxy groups -OCH3 is 1. The smallest absolute Gasteiger partial charge is 0.467 e. The van der Waals surface area contributed by atoms with E-state index in [2.05, 4.69) is 45.5 Å². The number of amides is 1. The molecule has 0 spiro atoms. The van der Waals surface area contributed by atoms with Gasteiger partial charge in [-0.05, 0) is 69.3 Å². The molecule has 3 aromatic rings. The number of nitriles is 1. The zero-order valence-electron chi connectivity index (χ0n) is 29.3. The minimum absolute atomic E-state index is 0.0343. The zero-order chi connectivity index (χ0) is 36.0. The number of hydrogen-bond donors (Lipinski definition) is 1. The van der Waals surface area contributed by atoms with Crippen LogP contribution in [0.15, 0.2) is 36.4 Å². The van der Waals surface area contributed by atoms with Crippen molar-refractivity contribution in [1.29, 1.82) is 5.26 Å². The molecule has 0 radical (unpaired) electrons. The first-order chi connectivity index (χ1) is 24.7. The third-order valence-corrected chi connectivity index (χ3v) is 11.1. The fraction of sp³-hybridized carbons (Fsp3) is 0.447. The molecule has 4 aliphatic heterocycles. The SMILES string of the molecule is COCOc1c(C)c(C)cc2c1[C@@H]1C3Cc4c(OC(=O)OCl)c(C)c5c(c4[C@H](CNC(=O)CCc4ccccc4)N3[C@@H](C#N)[C@H](C2)N1C)OCO5. The summed E-state index contributed by atoms with van der Waals surface area (Å²) in [5, 5.41) is 14.1. The number of carbonyl (C=O) groups is 2. The Morgan fingerprint density at radius 1 is 1.04 bits per heavy atom. The number of halogens is 1. The van der Waals surface area contributed by atoms with Crippen molar-refractivity contribution in [3.05, 3.63) is 80.9 Å². The zero-order valence-corrected chi connectivity index (χ0v) is 30.0. The van der Waals surface area contributed by atoms with E-state index in [-0.39, 0.29) is 56.3 Å². The maximum absolute atomic E-state index is 13.5. The van der Waals surface area contributed by atoms with E-state index >= 15 is 0 Å². The maximum atomic E-state index is 13.5. The lowest BCUT2D eigenvalue weighted by Gasteiger charge is -2.60. The van der Waals surface area contributed by atoms with E-state index in [9.17, 15) is 14.9 Å². The largest absolute Gasteiger partial charge is 0.532 e. The van der Waals surface area contributed by atoms with E-state index in [1.54, 1.807) is 14.0 Å². The first-order valence-corrected chi connectivity index (χ1v) is 17.4. The van der Waals surface area contributed by atoms with Gasteiger partial charge in [-0.3, -0.25) is 14.6 Å². The fourth-order valence-electron chi connectivity index (χ4n) is 8.62. The predicted octanol–water partition coefficient (Wildman–Crippen LogP) is 5.51. The molecule has 1 amide bonds. The van der Waals surface area contributed by atoms with E-state index in [0.717, 1.165) is 33.6 Å². The van der Waals surface area contributed by atoms with E-state index in [4.69, 9.17) is 35.6 Å². The van der Waals surface area contributed by atoms with Crippen molar-refractivity contribution in [2.24, 2.45) is 0 Å². The van der Waals surface area contributed by atoms with Crippen LogP contribution in [0.3, 0.4) is 0 Å². The van der Waals surface area contributed by atoms with Gasteiger partial charge in [0.25, 0.3) is 0 Å². The average Bonchev–Trinajstić information content (AvgIpc) is 3.63. The third-order valence-electron chi connectivity index (χ3n) is 11.0. The Kier molecular flexibility index (Phi) is 9.74. The minimum Gasteiger partial charge on any atom is -0.467 e. The van der Waals surface area contributed by atoms with Crippen LogP contribution in [-0.2, 0) is 33.1 Å². The van der Waals surface area contributed by atoms with Crippen LogP contribution in [0.5, 0.6) is 23.0 Å². The summed E-state index contributed by atoms with van der Waals surface area (Å²) in [6.45, 7) is 6.11. The first-order valence-electron chi connectivity index (χ1n) is 17.1. The Bertz CT molecular complexity index is 1900. The number of carbonyl (C=O) groups excluding carboxylic acids is 2. The number of nitrogens with zero attached hydrogens (tertiary/aromatic N) is 3. The van der Waals surface area contributed by atoms with Gasteiger partial charge in [-0.25, -0.2) is 4.79 Å². The van der Waals surface area contributed by atoms with Gasteiger partial charge in [-0.2, -0.15) is 5.26 Å². The summed E-state index contributed by atoms with van der Waals surface area (Å²) in [5.74, 6) is 1.83. The third kappa shape index (κ3) is 6.02. The van der Waals surface area contributed by atoms with E-state index in [1.807, 2.05) is 37.3 Å². The Morgan fingerprint density at radius 3 is 2.53 bits per heavy atom. The number of nitrogens with one attached hydrogen (secondary N) is 1. The average molecular weight is 717 g/mol. The Hall–Kier alpha value is -4.54. The molecule has 1 fully saturated rings. The van der Waals surface area contributed by atoms with Crippen LogP contribution in [0.25, 0.3) is 0 Å². The summed E-state index contributed by atoms with van der Waals surface area (Å²) >= 11 is 5.47. The molecule has 13 heteroatoms. The second kappa shape index (κ2) is 14.2. The summed E-state index contributed by atoms with van der Waals surface area (Å²) < 4.78 is 33.9. The number of rotatable bonds is 9. The molecule has 12 nitrogen and oxygen atoms in total. The highest BCUT2D eigenvalue weighted by molar-refractivity contribution is 6.12. The molecule has 7 rings (SSSR count). The second-order valence-electron chi connectivity index (χ2n) is 13.6. The summed E-state index contributed by atoms with van der Waals surface area (Å²) in [4.78, 5) is 30.6. The van der Waals surface area contributed by atoms with Crippen molar-refractivity contribution >= 4 is 23.9 Å². The molecule has 268 valence electrons. The van der Waals surface area contributed by atoms with Gasteiger partial charge in [-0.15, -0.1) is 0 Å². The van der Waals surface area contributed by atoms with Crippen molar-refractivity contribution in [3.8, 4) is 29.1 Å². The Labute approximate surface area is 302 Å². The topological polar surface area (TPSA) is 132 Å². The van der Waals surface area contributed by atoms with E-state index in [0.29, 0.717) is 47.5 Å². The summed E-state index contributed by atoms with van der Waals surface area (Å²) in [5.41, 5.74) is 7.28. The summed E-state index contributed by atoms with van der Waals surface area (Å²) in [7, 11) is 3.65. The summed E-state index contributed by atoms with van der Waals surface area (Å²) in [6, 6.07) is 12.9. The van der Waals surface area contributed by atoms with Crippen LogP contribution >= 0.6 is 11.9 Å². The van der Waals surface area contributed by atoms with Gasteiger partial charge < -0.3 is 33.3 Å². The van der Waals surface area contributed by atoms with Crippen LogP contribution < -0.4 is 24.3 Å². The van der Waals surface area contributed by atoms with Gasteiger partial charge in [0.2, 0.25) is 12.7 Å². The van der Waals surface area contributed by atoms with Crippen LogP contribution in [-0.4, -0.2) is 74.3 Å². The molecule has 0 aliphatic carbocycles. The van der Waals surface area contributed by atoms with Crippen LogP contribution in [0.1, 0.15) is 63.0 Å². The highest BCUT2D eigenvalue weighted by Crippen LogP contribution is 2.58. The standard InChI is InChI=1S/C38H41ClN4O8/c1-20-13-24-14-26-28(16-40)43-27(33(42(26)4)31(24)35(21(20)2)47-18-46-5)15-25-32(29(43)17-41-30(44)12-11-23-9-7-6-8-10-23)37-36(48-19-49-37)22(3)34(25)50-38(45)51-39/h6-10,13,26-29,33H,11-12,14-15,17-19H2,1-5H3,(H,41,44)/t26-,27?,28-,29-,33-/m0/s1. The number of aryl methyl sites for hydroxylation is 2.